The molecular formula is C20H31N3O2. The number of nitrogens with one attached hydrogen (secondary N) is 1. The fraction of sp³-hybridized carbons (Fsp3) is 0.600. The second kappa shape index (κ2) is 6.79. The predicted octanol–water partition coefficient (Wildman–Crippen LogP) is 3.26. The molecule has 25 heavy (non-hydrogen) atoms. The Labute approximate surface area is 151 Å². The molecule has 0 spiro atoms. The molecule has 2 amide bonds. The van der Waals surface area contributed by atoms with E-state index in [4.69, 9.17) is 5.73 Å². The van der Waals surface area contributed by atoms with Crippen LogP contribution in [0, 0.1) is 0 Å². The third kappa shape index (κ3) is 4.21. The molecule has 5 nitrogen and oxygen atoms in total. The summed E-state index contributed by atoms with van der Waals surface area (Å²) in [5, 5.41) is 2.73. The maximum absolute atomic E-state index is 12.9. The van der Waals surface area contributed by atoms with E-state index in [1.165, 1.54) is 5.56 Å². The van der Waals surface area contributed by atoms with Gasteiger partial charge in [0.1, 0.15) is 0 Å². The molecular weight excluding hydrogens is 314 g/mol. The Kier molecular flexibility index (Phi) is 5.28. The van der Waals surface area contributed by atoms with Crippen molar-refractivity contribution in [2.75, 3.05) is 5.32 Å². The Morgan fingerprint density at radius 2 is 1.56 bits per heavy atom. The highest BCUT2D eigenvalue weighted by Gasteiger charge is 2.48. The van der Waals surface area contributed by atoms with Gasteiger partial charge in [0, 0.05) is 22.8 Å². The lowest BCUT2D eigenvalue weighted by Gasteiger charge is -2.54. The molecule has 1 aliphatic rings. The average molecular weight is 345 g/mol. The Bertz CT molecular complexity index is 629. The van der Waals surface area contributed by atoms with Gasteiger partial charge in [-0.3, -0.25) is 9.59 Å². The van der Waals surface area contributed by atoms with Crippen LogP contribution < -0.4 is 11.1 Å². The minimum Gasteiger partial charge on any atom is -0.328 e. The quantitative estimate of drug-likeness (QED) is 0.808. The molecule has 1 fully saturated rings. The van der Waals surface area contributed by atoms with Gasteiger partial charge in [0.2, 0.25) is 0 Å². The molecule has 138 valence electrons. The summed E-state index contributed by atoms with van der Waals surface area (Å²) in [7, 11) is 0. The van der Waals surface area contributed by atoms with E-state index in [9.17, 15) is 9.59 Å². The molecule has 0 bridgehead atoms. The fourth-order valence-corrected chi connectivity index (χ4v) is 4.14. The first kappa shape index (κ1) is 19.4. The van der Waals surface area contributed by atoms with E-state index in [1.54, 1.807) is 4.90 Å². The molecule has 1 saturated heterocycles. The SMILES string of the molecule is CC(C)c1ccc(NC(=O)C(=O)N2C(C)(C)CC(N)CC2(C)C)cc1. The number of hydrogen-bond donors (Lipinski definition) is 2. The number of anilines is 1. The largest absolute Gasteiger partial charge is 0.328 e. The van der Waals surface area contributed by atoms with E-state index in [2.05, 4.69) is 19.2 Å². The molecule has 1 aromatic carbocycles. The van der Waals surface area contributed by atoms with Gasteiger partial charge in [-0.2, -0.15) is 0 Å². The molecule has 5 heteroatoms. The van der Waals surface area contributed by atoms with Crippen LogP contribution in [0.15, 0.2) is 24.3 Å². The second-order valence-electron chi connectivity index (χ2n) is 8.66. The van der Waals surface area contributed by atoms with Crippen LogP contribution >= 0.6 is 0 Å². The summed E-state index contributed by atoms with van der Waals surface area (Å²) in [6.07, 6.45) is 1.36. The van der Waals surface area contributed by atoms with Crippen molar-refractivity contribution in [3.05, 3.63) is 29.8 Å². The smallest absolute Gasteiger partial charge is 0.313 e. The summed E-state index contributed by atoms with van der Waals surface area (Å²) in [5.74, 6) is -0.686. The molecule has 0 saturated carbocycles. The highest BCUT2D eigenvalue weighted by molar-refractivity contribution is 6.39. The number of hydrogen-bond acceptors (Lipinski definition) is 3. The van der Waals surface area contributed by atoms with Crippen LogP contribution in [-0.2, 0) is 9.59 Å². The van der Waals surface area contributed by atoms with Gasteiger partial charge in [0.05, 0.1) is 0 Å². The summed E-state index contributed by atoms with van der Waals surface area (Å²) in [5.41, 5.74) is 7.05. The van der Waals surface area contributed by atoms with Crippen LogP contribution in [0.4, 0.5) is 5.69 Å². The zero-order chi connectivity index (χ0) is 19.0. The minimum absolute atomic E-state index is 0.0284. The second-order valence-corrected chi connectivity index (χ2v) is 8.66. The highest BCUT2D eigenvalue weighted by Crippen LogP contribution is 2.37. The van der Waals surface area contributed by atoms with Crippen LogP contribution in [-0.4, -0.2) is 33.8 Å². The number of carbonyl (C=O) groups excluding carboxylic acids is 2. The standard InChI is InChI=1S/C20H31N3O2/c1-13(2)14-7-9-16(10-8-14)22-17(24)18(25)23-19(3,4)11-15(21)12-20(23,5)6/h7-10,13,15H,11-12,21H2,1-6H3,(H,22,24). The van der Waals surface area contributed by atoms with Crippen molar-refractivity contribution < 1.29 is 9.59 Å². The zero-order valence-corrected chi connectivity index (χ0v) is 16.2. The molecule has 1 aromatic rings. The van der Waals surface area contributed by atoms with E-state index in [1.807, 2.05) is 52.0 Å². The molecule has 1 heterocycles. The lowest BCUT2D eigenvalue weighted by Crippen LogP contribution is -2.66. The van der Waals surface area contributed by atoms with Crippen molar-refractivity contribution in [3.8, 4) is 0 Å². The number of likely N-dealkylation sites (tertiary alicyclic amines) is 1. The molecule has 0 aliphatic carbocycles. The number of benzene rings is 1. The van der Waals surface area contributed by atoms with E-state index in [0.29, 0.717) is 24.4 Å². The van der Waals surface area contributed by atoms with Gasteiger partial charge in [0.15, 0.2) is 0 Å². The molecule has 0 unspecified atom stereocenters. The average Bonchev–Trinajstić information content (AvgIpc) is 2.44. The van der Waals surface area contributed by atoms with Gasteiger partial charge in [-0.25, -0.2) is 0 Å². The third-order valence-corrected chi connectivity index (χ3v) is 4.97. The normalized spacial score (nSPS) is 19.8. The van der Waals surface area contributed by atoms with Crippen molar-refractivity contribution in [1.82, 2.24) is 4.90 Å². The van der Waals surface area contributed by atoms with E-state index >= 15 is 0 Å². The van der Waals surface area contributed by atoms with Crippen LogP contribution in [0.3, 0.4) is 0 Å². The van der Waals surface area contributed by atoms with Crippen LogP contribution in [0.1, 0.15) is 65.9 Å². The van der Waals surface area contributed by atoms with Crippen molar-refractivity contribution in [3.63, 3.8) is 0 Å². The van der Waals surface area contributed by atoms with Gasteiger partial charge >= 0.3 is 11.8 Å². The first-order valence-electron chi connectivity index (χ1n) is 8.95. The maximum Gasteiger partial charge on any atom is 0.313 e. The Hall–Kier alpha value is -1.88. The molecule has 1 aliphatic heterocycles. The monoisotopic (exact) mass is 345 g/mol. The Morgan fingerprint density at radius 3 is 2.00 bits per heavy atom. The lowest BCUT2D eigenvalue weighted by atomic mass is 9.77. The van der Waals surface area contributed by atoms with Crippen LogP contribution in [0.5, 0.6) is 0 Å². The molecule has 3 N–H and O–H groups in total. The number of nitrogens with zero attached hydrogens (tertiary/aromatic N) is 1. The zero-order valence-electron chi connectivity index (χ0n) is 16.2. The third-order valence-electron chi connectivity index (χ3n) is 4.97. The van der Waals surface area contributed by atoms with Gasteiger partial charge < -0.3 is 16.0 Å². The minimum atomic E-state index is -0.603. The van der Waals surface area contributed by atoms with E-state index in [-0.39, 0.29) is 6.04 Å². The van der Waals surface area contributed by atoms with E-state index in [0.717, 1.165) is 0 Å². The molecule has 0 atom stereocenters. The van der Waals surface area contributed by atoms with Gasteiger partial charge in [-0.15, -0.1) is 0 Å². The summed E-state index contributed by atoms with van der Waals surface area (Å²) in [6.45, 7) is 12.1. The van der Waals surface area contributed by atoms with Crippen molar-refractivity contribution in [2.45, 2.75) is 77.4 Å². The number of carbonyl (C=O) groups is 2. The summed E-state index contributed by atoms with van der Waals surface area (Å²) < 4.78 is 0. The fourth-order valence-electron chi connectivity index (χ4n) is 4.14. The predicted molar refractivity (Wildman–Crippen MR) is 101 cm³/mol. The van der Waals surface area contributed by atoms with E-state index < -0.39 is 22.9 Å². The number of piperidine rings is 1. The highest BCUT2D eigenvalue weighted by atomic mass is 16.2. The van der Waals surface area contributed by atoms with Crippen molar-refractivity contribution in [1.29, 1.82) is 0 Å². The first-order chi connectivity index (χ1) is 11.4. The number of nitrogens with two attached hydrogens (primary N) is 1. The summed E-state index contributed by atoms with van der Waals surface area (Å²) in [6, 6.07) is 7.64. The van der Waals surface area contributed by atoms with Crippen LogP contribution in [0.2, 0.25) is 0 Å². The Morgan fingerprint density at radius 1 is 1.08 bits per heavy atom. The van der Waals surface area contributed by atoms with Crippen LogP contribution in [0.25, 0.3) is 0 Å². The summed E-state index contributed by atoms with van der Waals surface area (Å²) >= 11 is 0. The molecule has 0 radical (unpaired) electrons. The van der Waals surface area contributed by atoms with Gasteiger partial charge in [-0.1, -0.05) is 26.0 Å². The number of rotatable bonds is 2. The molecule has 0 aromatic heterocycles. The van der Waals surface area contributed by atoms with Crippen molar-refractivity contribution >= 4 is 17.5 Å². The number of amides is 2. The lowest BCUT2D eigenvalue weighted by molar-refractivity contribution is -0.156. The van der Waals surface area contributed by atoms with Crippen molar-refractivity contribution in [2.24, 2.45) is 5.73 Å². The molecule has 2 rings (SSSR count). The first-order valence-corrected chi connectivity index (χ1v) is 8.95. The van der Waals surface area contributed by atoms with Gasteiger partial charge in [0.25, 0.3) is 0 Å². The van der Waals surface area contributed by atoms with Gasteiger partial charge in [-0.05, 0) is 64.2 Å². The maximum atomic E-state index is 12.9. The summed E-state index contributed by atoms with van der Waals surface area (Å²) in [4.78, 5) is 27.1. The Balaban J connectivity index is 2.17. The topological polar surface area (TPSA) is 75.4 Å².